The van der Waals surface area contributed by atoms with Crippen molar-refractivity contribution in [2.45, 2.75) is 31.8 Å². The molecular weight excluding hydrogens is 372 g/mol. The van der Waals surface area contributed by atoms with Crippen LogP contribution in [0.5, 0.6) is 0 Å². The van der Waals surface area contributed by atoms with Crippen molar-refractivity contribution >= 4 is 39.1 Å². The van der Waals surface area contributed by atoms with E-state index in [2.05, 4.69) is 16.3 Å². The van der Waals surface area contributed by atoms with Gasteiger partial charge in [-0.25, -0.2) is 4.98 Å². The van der Waals surface area contributed by atoms with Crippen LogP contribution in [-0.2, 0) is 4.79 Å². The number of hydrogen-bond donors (Lipinski definition) is 2. The number of fused-ring (bicyclic) bond motifs is 1. The van der Waals surface area contributed by atoms with Gasteiger partial charge < -0.3 is 11.1 Å². The first-order chi connectivity index (χ1) is 13.5. The van der Waals surface area contributed by atoms with Crippen LogP contribution in [0.15, 0.2) is 48.5 Å². The van der Waals surface area contributed by atoms with Gasteiger partial charge in [0.1, 0.15) is 5.01 Å². The number of aromatic nitrogens is 1. The Morgan fingerprint density at radius 3 is 2.68 bits per heavy atom. The number of benzene rings is 2. The first-order valence-corrected chi connectivity index (χ1v) is 10.2. The van der Waals surface area contributed by atoms with Gasteiger partial charge >= 0.3 is 0 Å². The van der Waals surface area contributed by atoms with E-state index in [1.165, 1.54) is 4.70 Å². The lowest BCUT2D eigenvalue weighted by atomic mass is 10.1. The zero-order chi connectivity index (χ0) is 19.7. The van der Waals surface area contributed by atoms with E-state index in [9.17, 15) is 9.59 Å². The molecule has 2 heterocycles. The number of anilines is 1. The van der Waals surface area contributed by atoms with Crippen LogP contribution in [0.2, 0.25) is 0 Å². The van der Waals surface area contributed by atoms with Gasteiger partial charge in [0.25, 0.3) is 0 Å². The molecule has 6 nitrogen and oxygen atoms in total. The second-order valence-electron chi connectivity index (χ2n) is 7.02. The number of carbonyl (C=O) groups is 2. The highest BCUT2D eigenvalue weighted by Gasteiger charge is 2.34. The molecule has 1 aliphatic heterocycles. The molecular formula is C21H22N4O2S. The minimum Gasteiger partial charge on any atom is -0.366 e. The highest BCUT2D eigenvalue weighted by molar-refractivity contribution is 7.18. The first-order valence-electron chi connectivity index (χ1n) is 9.35. The average Bonchev–Trinajstić information content (AvgIpc) is 3.34. The Morgan fingerprint density at radius 2 is 1.96 bits per heavy atom. The molecule has 2 atom stereocenters. The smallest absolute Gasteiger partial charge is 0.248 e. The highest BCUT2D eigenvalue weighted by atomic mass is 32.1. The Morgan fingerprint density at radius 1 is 1.21 bits per heavy atom. The number of carbonyl (C=O) groups excluding carboxylic acids is 2. The van der Waals surface area contributed by atoms with Crippen molar-refractivity contribution in [1.82, 2.24) is 9.88 Å². The minimum absolute atomic E-state index is 0.0696. The van der Waals surface area contributed by atoms with Gasteiger partial charge in [-0.2, -0.15) is 0 Å². The third kappa shape index (κ3) is 3.63. The van der Waals surface area contributed by atoms with Crippen LogP contribution >= 0.6 is 11.3 Å². The summed E-state index contributed by atoms with van der Waals surface area (Å²) >= 11 is 1.71. The Hall–Kier alpha value is -2.77. The molecule has 2 unspecified atom stereocenters. The summed E-state index contributed by atoms with van der Waals surface area (Å²) in [5.41, 5.74) is 7.34. The van der Waals surface area contributed by atoms with Crippen LogP contribution in [-0.4, -0.2) is 34.3 Å². The molecule has 0 radical (unpaired) electrons. The number of primary amides is 1. The summed E-state index contributed by atoms with van der Waals surface area (Å²) in [5.74, 6) is -0.554. The molecule has 0 aliphatic carbocycles. The SMILES string of the molecule is CC(C(=O)Nc1ccc(C(N)=O)cc1)N1CCCC1c1nc2ccccc2s1. The van der Waals surface area contributed by atoms with Crippen LogP contribution in [0.3, 0.4) is 0 Å². The fourth-order valence-corrected chi connectivity index (χ4v) is 4.79. The van der Waals surface area contributed by atoms with Crippen molar-refractivity contribution in [2.24, 2.45) is 5.73 Å². The van der Waals surface area contributed by atoms with Crippen LogP contribution in [0.4, 0.5) is 5.69 Å². The molecule has 7 heteroatoms. The fraction of sp³-hybridized carbons (Fsp3) is 0.286. The van der Waals surface area contributed by atoms with E-state index in [1.54, 1.807) is 35.6 Å². The van der Waals surface area contributed by atoms with E-state index in [4.69, 9.17) is 10.7 Å². The van der Waals surface area contributed by atoms with E-state index < -0.39 is 5.91 Å². The van der Waals surface area contributed by atoms with Crippen molar-refractivity contribution in [3.05, 3.63) is 59.1 Å². The van der Waals surface area contributed by atoms with Crippen molar-refractivity contribution in [3.63, 3.8) is 0 Å². The van der Waals surface area contributed by atoms with E-state index in [-0.39, 0.29) is 18.0 Å². The largest absolute Gasteiger partial charge is 0.366 e. The van der Waals surface area contributed by atoms with Crippen LogP contribution in [0.1, 0.15) is 41.2 Å². The van der Waals surface area contributed by atoms with E-state index in [0.717, 1.165) is 29.9 Å². The number of rotatable bonds is 5. The Balaban J connectivity index is 1.48. The lowest BCUT2D eigenvalue weighted by Crippen LogP contribution is -2.41. The molecule has 1 fully saturated rings. The number of likely N-dealkylation sites (tertiary alicyclic amines) is 1. The van der Waals surface area contributed by atoms with Crippen molar-refractivity contribution in [2.75, 3.05) is 11.9 Å². The van der Waals surface area contributed by atoms with Crippen LogP contribution in [0, 0.1) is 0 Å². The summed E-state index contributed by atoms with van der Waals surface area (Å²) in [7, 11) is 0. The molecule has 1 saturated heterocycles. The summed E-state index contributed by atoms with van der Waals surface area (Å²) in [6.07, 6.45) is 2.05. The van der Waals surface area contributed by atoms with Gasteiger partial charge in [-0.1, -0.05) is 12.1 Å². The van der Waals surface area contributed by atoms with Crippen LogP contribution in [0.25, 0.3) is 10.2 Å². The first kappa shape index (κ1) is 18.6. The van der Waals surface area contributed by atoms with Gasteiger partial charge in [0.05, 0.1) is 22.3 Å². The summed E-state index contributed by atoms with van der Waals surface area (Å²) in [6, 6.07) is 14.6. The molecule has 1 aromatic heterocycles. The third-order valence-electron chi connectivity index (χ3n) is 5.20. The van der Waals surface area contributed by atoms with E-state index in [0.29, 0.717) is 11.3 Å². The Bertz CT molecular complexity index is 982. The highest BCUT2D eigenvalue weighted by Crippen LogP contribution is 2.37. The normalized spacial score (nSPS) is 18.2. The molecule has 28 heavy (non-hydrogen) atoms. The van der Waals surface area contributed by atoms with Gasteiger partial charge in [-0.3, -0.25) is 14.5 Å². The molecule has 2 aromatic carbocycles. The summed E-state index contributed by atoms with van der Waals surface area (Å²) in [4.78, 5) is 31.0. The monoisotopic (exact) mass is 394 g/mol. The number of nitrogens with zero attached hydrogens (tertiary/aromatic N) is 2. The number of nitrogens with one attached hydrogen (secondary N) is 1. The van der Waals surface area contributed by atoms with Crippen molar-refractivity contribution < 1.29 is 9.59 Å². The predicted molar refractivity (Wildman–Crippen MR) is 111 cm³/mol. The molecule has 0 bridgehead atoms. The van der Waals surface area contributed by atoms with Gasteiger partial charge in [-0.15, -0.1) is 11.3 Å². The van der Waals surface area contributed by atoms with Gasteiger partial charge in [0, 0.05) is 11.3 Å². The molecule has 3 aromatic rings. The van der Waals surface area contributed by atoms with E-state index >= 15 is 0 Å². The molecule has 0 saturated carbocycles. The molecule has 0 spiro atoms. The van der Waals surface area contributed by atoms with Crippen LogP contribution < -0.4 is 11.1 Å². The zero-order valence-corrected chi connectivity index (χ0v) is 16.4. The Labute approximate surface area is 167 Å². The fourth-order valence-electron chi connectivity index (χ4n) is 3.67. The van der Waals surface area contributed by atoms with Gasteiger partial charge in [0.15, 0.2) is 0 Å². The second kappa shape index (κ2) is 7.69. The van der Waals surface area contributed by atoms with E-state index in [1.807, 2.05) is 25.1 Å². The molecule has 3 N–H and O–H groups in total. The zero-order valence-electron chi connectivity index (χ0n) is 15.6. The second-order valence-corrected chi connectivity index (χ2v) is 8.08. The molecule has 2 amide bonds. The minimum atomic E-state index is -0.484. The quantitative estimate of drug-likeness (QED) is 0.693. The maximum atomic E-state index is 12.8. The summed E-state index contributed by atoms with van der Waals surface area (Å²) < 4.78 is 1.18. The average molecular weight is 395 g/mol. The van der Waals surface area contributed by atoms with Crippen molar-refractivity contribution in [1.29, 1.82) is 0 Å². The lowest BCUT2D eigenvalue weighted by Gasteiger charge is -2.28. The number of nitrogens with two attached hydrogens (primary N) is 1. The molecule has 4 rings (SSSR count). The molecule has 144 valence electrons. The summed E-state index contributed by atoms with van der Waals surface area (Å²) in [6.45, 7) is 2.80. The lowest BCUT2D eigenvalue weighted by molar-refractivity contribution is -0.121. The van der Waals surface area contributed by atoms with Gasteiger partial charge in [0.2, 0.25) is 11.8 Å². The maximum Gasteiger partial charge on any atom is 0.248 e. The Kier molecular flexibility index (Phi) is 5.11. The van der Waals surface area contributed by atoms with Gasteiger partial charge in [-0.05, 0) is 62.7 Å². The maximum absolute atomic E-state index is 12.8. The third-order valence-corrected chi connectivity index (χ3v) is 6.34. The number of hydrogen-bond acceptors (Lipinski definition) is 5. The topological polar surface area (TPSA) is 88.3 Å². The molecule has 1 aliphatic rings. The number of amides is 2. The summed E-state index contributed by atoms with van der Waals surface area (Å²) in [5, 5.41) is 4.01. The predicted octanol–water partition coefficient (Wildman–Crippen LogP) is 3.56. The number of para-hydroxylation sites is 1. The standard InChI is InChI=1S/C21H22N4O2S/c1-13(20(27)23-15-10-8-14(9-11-15)19(22)26)25-12-4-6-17(25)21-24-16-5-2-3-7-18(16)28-21/h2-3,5,7-11,13,17H,4,6,12H2,1H3,(H2,22,26)(H,23,27). The van der Waals surface area contributed by atoms with Crippen molar-refractivity contribution in [3.8, 4) is 0 Å². The number of thiazole rings is 1.